The highest BCUT2D eigenvalue weighted by Gasteiger charge is 2.21. The van der Waals surface area contributed by atoms with Gasteiger partial charge in [0.1, 0.15) is 5.75 Å². The lowest BCUT2D eigenvalue weighted by Crippen LogP contribution is -2.49. The Morgan fingerprint density at radius 3 is 2.38 bits per heavy atom. The highest BCUT2D eigenvalue weighted by atomic mass is 16.3. The summed E-state index contributed by atoms with van der Waals surface area (Å²) in [6.45, 7) is 3.15. The molecule has 1 amide bonds. The zero-order valence-corrected chi connectivity index (χ0v) is 20.5. The summed E-state index contributed by atoms with van der Waals surface area (Å²) in [5.41, 5.74) is 6.40. The van der Waals surface area contributed by atoms with E-state index in [2.05, 4.69) is 27.0 Å². The van der Waals surface area contributed by atoms with Gasteiger partial charge in [0.2, 0.25) is 5.91 Å². The van der Waals surface area contributed by atoms with E-state index < -0.39 is 0 Å². The van der Waals surface area contributed by atoms with E-state index >= 15 is 0 Å². The third kappa shape index (κ3) is 4.66. The van der Waals surface area contributed by atoms with Gasteiger partial charge in [-0.25, -0.2) is 0 Å². The first-order chi connectivity index (χ1) is 18.2. The molecule has 2 aromatic heterocycles. The number of piperazine rings is 1. The molecule has 2 N–H and O–H groups in total. The summed E-state index contributed by atoms with van der Waals surface area (Å²) in [5.74, 6) is 0.376. The average molecular weight is 489 g/mol. The standard InChI is InChI=1S/C31H28N4O2/c36-30(35-17-15-34(16-18-35)25-5-2-1-3-6-25)19-22-9-11-23(12-10-22)26-7-4-8-27(31(26)37)29-20-24-21-32-14-13-28(24)33-29/h1-14,20-21,33,37H,15-19H2. The lowest BCUT2D eigenvalue weighted by molar-refractivity contribution is -0.130. The maximum absolute atomic E-state index is 13.0. The summed E-state index contributed by atoms with van der Waals surface area (Å²) in [6, 6.07) is 27.9. The number of rotatable bonds is 5. The Morgan fingerprint density at radius 1 is 0.865 bits per heavy atom. The van der Waals surface area contributed by atoms with Crippen molar-refractivity contribution in [2.75, 3.05) is 31.1 Å². The van der Waals surface area contributed by atoms with Gasteiger partial charge in [-0.15, -0.1) is 0 Å². The van der Waals surface area contributed by atoms with Crippen LogP contribution in [0.2, 0.25) is 0 Å². The molecule has 3 heterocycles. The molecule has 6 heteroatoms. The summed E-state index contributed by atoms with van der Waals surface area (Å²) < 4.78 is 0. The number of nitrogens with one attached hydrogen (secondary N) is 1. The molecule has 37 heavy (non-hydrogen) atoms. The van der Waals surface area contributed by atoms with Crippen LogP contribution >= 0.6 is 0 Å². The fraction of sp³-hybridized carbons (Fsp3) is 0.161. The molecule has 1 saturated heterocycles. The van der Waals surface area contributed by atoms with E-state index in [1.165, 1.54) is 5.69 Å². The van der Waals surface area contributed by atoms with Crippen LogP contribution in [0.25, 0.3) is 33.3 Å². The number of fused-ring (bicyclic) bond motifs is 1. The van der Waals surface area contributed by atoms with E-state index in [-0.39, 0.29) is 11.7 Å². The number of para-hydroxylation sites is 2. The molecule has 6 nitrogen and oxygen atoms in total. The zero-order valence-electron chi connectivity index (χ0n) is 20.5. The molecule has 0 spiro atoms. The van der Waals surface area contributed by atoms with Crippen LogP contribution in [-0.4, -0.2) is 52.1 Å². The van der Waals surface area contributed by atoms with Gasteiger partial charge in [0.25, 0.3) is 0 Å². The number of hydrogen-bond donors (Lipinski definition) is 2. The van der Waals surface area contributed by atoms with Gasteiger partial charge in [-0.05, 0) is 41.5 Å². The second-order valence-corrected chi connectivity index (χ2v) is 9.42. The number of carbonyl (C=O) groups is 1. The fourth-order valence-electron chi connectivity index (χ4n) is 5.05. The molecule has 5 aromatic rings. The molecule has 1 aliphatic heterocycles. The molecule has 184 valence electrons. The number of H-pyrrole nitrogens is 1. The number of nitrogens with zero attached hydrogens (tertiary/aromatic N) is 3. The Hall–Kier alpha value is -4.58. The fourth-order valence-corrected chi connectivity index (χ4v) is 5.05. The minimum absolute atomic E-state index is 0.151. The molecule has 0 unspecified atom stereocenters. The third-order valence-electron chi connectivity index (χ3n) is 7.12. The van der Waals surface area contributed by atoms with Crippen LogP contribution in [0.4, 0.5) is 5.69 Å². The van der Waals surface area contributed by atoms with Crippen molar-refractivity contribution in [1.82, 2.24) is 14.9 Å². The number of phenolic OH excluding ortho intramolecular Hbond substituents is 1. The zero-order chi connectivity index (χ0) is 25.2. The molecule has 0 atom stereocenters. The van der Waals surface area contributed by atoms with Crippen LogP contribution in [0.3, 0.4) is 0 Å². The van der Waals surface area contributed by atoms with Crippen molar-refractivity contribution in [3.63, 3.8) is 0 Å². The van der Waals surface area contributed by atoms with Gasteiger partial charge in [-0.3, -0.25) is 9.78 Å². The number of hydrogen-bond acceptors (Lipinski definition) is 4. The molecular weight excluding hydrogens is 460 g/mol. The van der Waals surface area contributed by atoms with Crippen molar-refractivity contribution in [3.05, 3.63) is 103 Å². The molecule has 0 saturated carbocycles. The van der Waals surface area contributed by atoms with Gasteiger partial charge in [-0.1, -0.05) is 54.6 Å². The average Bonchev–Trinajstić information content (AvgIpc) is 3.38. The van der Waals surface area contributed by atoms with Crippen LogP contribution < -0.4 is 4.90 Å². The Morgan fingerprint density at radius 2 is 1.62 bits per heavy atom. The van der Waals surface area contributed by atoms with Crippen LogP contribution in [-0.2, 0) is 11.2 Å². The van der Waals surface area contributed by atoms with Crippen molar-refractivity contribution < 1.29 is 9.90 Å². The monoisotopic (exact) mass is 488 g/mol. The third-order valence-corrected chi connectivity index (χ3v) is 7.12. The van der Waals surface area contributed by atoms with Crippen molar-refractivity contribution in [2.45, 2.75) is 6.42 Å². The predicted octanol–water partition coefficient (Wildman–Crippen LogP) is 5.49. The highest BCUT2D eigenvalue weighted by molar-refractivity contribution is 5.89. The van der Waals surface area contributed by atoms with E-state index in [0.717, 1.165) is 65.0 Å². The second kappa shape index (κ2) is 9.82. The highest BCUT2D eigenvalue weighted by Crippen LogP contribution is 2.38. The number of phenols is 1. The van der Waals surface area contributed by atoms with Gasteiger partial charge in [0, 0.05) is 66.3 Å². The smallest absolute Gasteiger partial charge is 0.227 e. The number of aromatic amines is 1. The number of anilines is 1. The summed E-state index contributed by atoms with van der Waals surface area (Å²) in [4.78, 5) is 24.8. The molecule has 0 radical (unpaired) electrons. The van der Waals surface area contributed by atoms with Crippen molar-refractivity contribution in [1.29, 1.82) is 0 Å². The normalized spacial score (nSPS) is 13.7. The van der Waals surface area contributed by atoms with E-state index in [0.29, 0.717) is 6.42 Å². The molecule has 6 rings (SSSR count). The second-order valence-electron chi connectivity index (χ2n) is 9.42. The van der Waals surface area contributed by atoms with Crippen LogP contribution in [0, 0.1) is 0 Å². The van der Waals surface area contributed by atoms with Gasteiger partial charge in [0.05, 0.1) is 12.1 Å². The maximum atomic E-state index is 13.0. The van der Waals surface area contributed by atoms with Gasteiger partial charge in [-0.2, -0.15) is 0 Å². The van der Waals surface area contributed by atoms with Crippen LogP contribution in [0.5, 0.6) is 5.75 Å². The van der Waals surface area contributed by atoms with Gasteiger partial charge < -0.3 is 19.9 Å². The first kappa shape index (κ1) is 22.9. The topological polar surface area (TPSA) is 72.5 Å². The number of aromatic hydroxyl groups is 1. The SMILES string of the molecule is O=C(Cc1ccc(-c2cccc(-c3cc4cnccc4[nH]3)c2O)cc1)N1CCN(c2ccccc2)CC1. The van der Waals surface area contributed by atoms with Crippen molar-refractivity contribution in [2.24, 2.45) is 0 Å². The Balaban J connectivity index is 1.13. The number of benzene rings is 3. The summed E-state index contributed by atoms with van der Waals surface area (Å²) >= 11 is 0. The molecular formula is C31H28N4O2. The number of amides is 1. The predicted molar refractivity (Wildman–Crippen MR) is 148 cm³/mol. The minimum atomic E-state index is 0.151. The van der Waals surface area contributed by atoms with Gasteiger partial charge in [0.15, 0.2) is 0 Å². The Labute approximate surface area is 215 Å². The first-order valence-corrected chi connectivity index (χ1v) is 12.6. The Kier molecular flexibility index (Phi) is 6.06. The van der Waals surface area contributed by atoms with E-state index in [1.807, 2.05) is 77.7 Å². The van der Waals surface area contributed by atoms with E-state index in [4.69, 9.17) is 0 Å². The summed E-state index contributed by atoms with van der Waals surface area (Å²) in [7, 11) is 0. The number of pyridine rings is 1. The lowest BCUT2D eigenvalue weighted by atomic mass is 9.98. The number of carbonyl (C=O) groups excluding carboxylic acids is 1. The molecule has 1 aliphatic rings. The van der Waals surface area contributed by atoms with E-state index in [1.54, 1.807) is 12.4 Å². The summed E-state index contributed by atoms with van der Waals surface area (Å²) in [6.07, 6.45) is 3.93. The Bertz CT molecular complexity index is 1500. The van der Waals surface area contributed by atoms with E-state index in [9.17, 15) is 9.90 Å². The van der Waals surface area contributed by atoms with Crippen LogP contribution in [0.1, 0.15) is 5.56 Å². The molecule has 0 bridgehead atoms. The van der Waals surface area contributed by atoms with Crippen molar-refractivity contribution in [3.8, 4) is 28.1 Å². The largest absolute Gasteiger partial charge is 0.507 e. The molecule has 3 aromatic carbocycles. The molecule has 0 aliphatic carbocycles. The minimum Gasteiger partial charge on any atom is -0.507 e. The lowest BCUT2D eigenvalue weighted by Gasteiger charge is -2.36. The number of aromatic nitrogens is 2. The van der Waals surface area contributed by atoms with Gasteiger partial charge >= 0.3 is 0 Å². The first-order valence-electron chi connectivity index (χ1n) is 12.6. The molecule has 1 fully saturated rings. The van der Waals surface area contributed by atoms with Crippen molar-refractivity contribution >= 4 is 22.5 Å². The summed E-state index contributed by atoms with van der Waals surface area (Å²) in [5, 5.41) is 12.1. The maximum Gasteiger partial charge on any atom is 0.227 e. The quantitative estimate of drug-likeness (QED) is 0.343. The van der Waals surface area contributed by atoms with Crippen LogP contribution in [0.15, 0.2) is 97.3 Å².